The van der Waals surface area contributed by atoms with E-state index in [9.17, 15) is 4.79 Å². The first kappa shape index (κ1) is 17.3. The second kappa shape index (κ2) is 8.49. The van der Waals surface area contributed by atoms with Crippen molar-refractivity contribution in [3.05, 3.63) is 17.8 Å². The number of hydrogen-bond acceptors (Lipinski definition) is 5. The van der Waals surface area contributed by atoms with Crippen LogP contribution in [0.15, 0.2) is 12.3 Å². The lowest BCUT2D eigenvalue weighted by Gasteiger charge is -2.31. The summed E-state index contributed by atoms with van der Waals surface area (Å²) in [7, 11) is 0. The molecule has 1 aromatic rings. The zero-order valence-corrected chi connectivity index (χ0v) is 13.6. The topological polar surface area (TPSA) is 68.5 Å². The van der Waals surface area contributed by atoms with Gasteiger partial charge in [-0.25, -0.2) is 9.78 Å². The van der Waals surface area contributed by atoms with Gasteiger partial charge in [-0.05, 0) is 32.8 Å². The Morgan fingerprint density at radius 2 is 2.14 bits per heavy atom. The van der Waals surface area contributed by atoms with E-state index in [0.29, 0.717) is 29.7 Å². The van der Waals surface area contributed by atoms with Crippen LogP contribution in [0, 0.1) is 0 Å². The van der Waals surface area contributed by atoms with Crippen LogP contribution >= 0.6 is 0 Å². The minimum absolute atomic E-state index is 0.323. The molecule has 1 aromatic heterocycles. The monoisotopic (exact) mass is 293 g/mol. The van der Waals surface area contributed by atoms with Crippen LogP contribution in [0.5, 0.6) is 0 Å². The van der Waals surface area contributed by atoms with Crippen LogP contribution in [0.4, 0.5) is 11.5 Å². The van der Waals surface area contributed by atoms with Crippen molar-refractivity contribution in [2.24, 2.45) is 0 Å². The quantitative estimate of drug-likeness (QED) is 0.745. The first-order chi connectivity index (χ1) is 10.1. The van der Waals surface area contributed by atoms with Crippen molar-refractivity contribution in [1.29, 1.82) is 0 Å². The summed E-state index contributed by atoms with van der Waals surface area (Å²) < 4.78 is 5.05. The molecule has 0 saturated carbocycles. The second-order valence-electron chi connectivity index (χ2n) is 5.12. The van der Waals surface area contributed by atoms with E-state index in [0.717, 1.165) is 25.8 Å². The number of esters is 1. The summed E-state index contributed by atoms with van der Waals surface area (Å²) >= 11 is 0. The molecule has 2 N–H and O–H groups in total. The number of pyridine rings is 1. The van der Waals surface area contributed by atoms with Gasteiger partial charge in [0, 0.05) is 18.8 Å². The molecular weight excluding hydrogens is 266 g/mol. The molecule has 0 aliphatic carbocycles. The maximum absolute atomic E-state index is 11.9. The molecule has 0 radical (unpaired) electrons. The fourth-order valence-corrected chi connectivity index (χ4v) is 2.16. The van der Waals surface area contributed by atoms with Gasteiger partial charge in [-0.1, -0.05) is 20.3 Å². The number of anilines is 2. The highest BCUT2D eigenvalue weighted by Gasteiger charge is 2.21. The Balaban J connectivity index is 3.13. The lowest BCUT2D eigenvalue weighted by Crippen LogP contribution is -2.35. The molecule has 0 aliphatic rings. The Kier molecular flexibility index (Phi) is 6.99. The molecule has 0 fully saturated rings. The number of nitrogens with zero attached hydrogens (tertiary/aromatic N) is 2. The molecule has 0 bridgehead atoms. The van der Waals surface area contributed by atoms with Gasteiger partial charge in [0.1, 0.15) is 0 Å². The molecule has 1 unspecified atom stereocenters. The van der Waals surface area contributed by atoms with Crippen LogP contribution in [0.3, 0.4) is 0 Å². The molecule has 5 heteroatoms. The van der Waals surface area contributed by atoms with Crippen molar-refractivity contribution < 1.29 is 9.53 Å². The SMILES string of the molecule is CCCCN(c1nccc(C(=O)OCC)c1N)C(C)CC. The van der Waals surface area contributed by atoms with Gasteiger partial charge >= 0.3 is 5.97 Å². The van der Waals surface area contributed by atoms with Gasteiger partial charge in [0.2, 0.25) is 0 Å². The van der Waals surface area contributed by atoms with Crippen LogP contribution in [0.2, 0.25) is 0 Å². The second-order valence-corrected chi connectivity index (χ2v) is 5.12. The lowest BCUT2D eigenvalue weighted by molar-refractivity contribution is 0.0527. The standard InChI is InChI=1S/C16H27N3O2/c1-5-8-11-19(12(4)6-2)15-14(17)13(9-10-18-15)16(20)21-7-3/h9-10,12H,5-8,11,17H2,1-4H3. The van der Waals surface area contributed by atoms with Crippen LogP contribution in [-0.2, 0) is 4.74 Å². The van der Waals surface area contributed by atoms with Gasteiger partial charge in [-0.3, -0.25) is 0 Å². The van der Waals surface area contributed by atoms with Gasteiger partial charge in [-0.2, -0.15) is 0 Å². The number of rotatable bonds is 8. The summed E-state index contributed by atoms with van der Waals surface area (Å²) in [6.07, 6.45) is 4.78. The number of carbonyl (C=O) groups excluding carboxylic acids is 1. The van der Waals surface area contributed by atoms with Crippen LogP contribution < -0.4 is 10.6 Å². The summed E-state index contributed by atoms with van der Waals surface area (Å²) in [5, 5.41) is 0. The molecule has 0 saturated heterocycles. The van der Waals surface area contributed by atoms with Crippen molar-refractivity contribution >= 4 is 17.5 Å². The highest BCUT2D eigenvalue weighted by atomic mass is 16.5. The van der Waals surface area contributed by atoms with Gasteiger partial charge < -0.3 is 15.4 Å². The number of carbonyl (C=O) groups is 1. The van der Waals surface area contributed by atoms with E-state index in [1.54, 1.807) is 19.2 Å². The van der Waals surface area contributed by atoms with Gasteiger partial charge in [-0.15, -0.1) is 0 Å². The van der Waals surface area contributed by atoms with Crippen molar-refractivity contribution in [3.8, 4) is 0 Å². The van der Waals surface area contributed by atoms with Crippen molar-refractivity contribution in [3.63, 3.8) is 0 Å². The fourth-order valence-electron chi connectivity index (χ4n) is 2.16. The Hall–Kier alpha value is -1.78. The van der Waals surface area contributed by atoms with Crippen LogP contribution in [-0.4, -0.2) is 30.1 Å². The molecular formula is C16H27N3O2. The zero-order valence-electron chi connectivity index (χ0n) is 13.6. The van der Waals surface area contributed by atoms with E-state index in [1.165, 1.54) is 0 Å². The third-order valence-corrected chi connectivity index (χ3v) is 3.61. The Bertz CT molecular complexity index is 463. The maximum Gasteiger partial charge on any atom is 0.340 e. The first-order valence-corrected chi connectivity index (χ1v) is 7.74. The summed E-state index contributed by atoms with van der Waals surface area (Å²) in [4.78, 5) is 18.5. The summed E-state index contributed by atoms with van der Waals surface area (Å²) in [6.45, 7) is 9.43. The highest BCUT2D eigenvalue weighted by Crippen LogP contribution is 2.27. The molecule has 0 amide bonds. The summed E-state index contributed by atoms with van der Waals surface area (Å²) in [5.74, 6) is 0.293. The predicted octanol–water partition coefficient (Wildman–Crippen LogP) is 3.25. The molecule has 0 aromatic carbocycles. The Labute approximate surface area is 127 Å². The number of aromatic nitrogens is 1. The molecule has 118 valence electrons. The minimum Gasteiger partial charge on any atom is -0.462 e. The molecule has 1 atom stereocenters. The number of ether oxygens (including phenoxy) is 1. The molecule has 5 nitrogen and oxygen atoms in total. The van der Waals surface area contributed by atoms with E-state index >= 15 is 0 Å². The van der Waals surface area contributed by atoms with Gasteiger partial charge in [0.05, 0.1) is 17.9 Å². The van der Waals surface area contributed by atoms with Crippen LogP contribution in [0.1, 0.15) is 57.3 Å². The largest absolute Gasteiger partial charge is 0.462 e. The number of nitrogens with two attached hydrogens (primary N) is 1. The molecule has 1 rings (SSSR count). The third-order valence-electron chi connectivity index (χ3n) is 3.61. The van der Waals surface area contributed by atoms with E-state index < -0.39 is 5.97 Å². The smallest absolute Gasteiger partial charge is 0.340 e. The molecule has 0 spiro atoms. The lowest BCUT2D eigenvalue weighted by atomic mass is 10.1. The maximum atomic E-state index is 11.9. The number of nitrogen functional groups attached to an aromatic ring is 1. The van der Waals surface area contributed by atoms with E-state index in [-0.39, 0.29) is 0 Å². The molecule has 0 aliphatic heterocycles. The first-order valence-electron chi connectivity index (χ1n) is 7.74. The van der Waals surface area contributed by atoms with Crippen molar-refractivity contribution in [2.75, 3.05) is 23.8 Å². The Morgan fingerprint density at radius 1 is 1.43 bits per heavy atom. The predicted molar refractivity (Wildman–Crippen MR) is 86.6 cm³/mol. The minimum atomic E-state index is -0.391. The van der Waals surface area contributed by atoms with Gasteiger partial charge in [0.15, 0.2) is 5.82 Å². The van der Waals surface area contributed by atoms with E-state index in [2.05, 4.69) is 30.7 Å². The average Bonchev–Trinajstić information content (AvgIpc) is 2.48. The molecule has 1 heterocycles. The number of hydrogen-bond donors (Lipinski definition) is 1. The zero-order chi connectivity index (χ0) is 15.8. The third kappa shape index (κ3) is 4.34. The van der Waals surface area contributed by atoms with Crippen molar-refractivity contribution in [1.82, 2.24) is 4.98 Å². The fraction of sp³-hybridized carbons (Fsp3) is 0.625. The summed E-state index contributed by atoms with van der Waals surface area (Å²) in [6, 6.07) is 1.94. The summed E-state index contributed by atoms with van der Waals surface area (Å²) in [5.41, 5.74) is 6.98. The highest BCUT2D eigenvalue weighted by molar-refractivity contribution is 5.97. The normalized spacial score (nSPS) is 12.0. The van der Waals surface area contributed by atoms with Crippen molar-refractivity contribution in [2.45, 2.75) is 53.0 Å². The number of unbranched alkanes of at least 4 members (excludes halogenated alkanes) is 1. The average molecular weight is 293 g/mol. The van der Waals surface area contributed by atoms with E-state index in [4.69, 9.17) is 10.5 Å². The van der Waals surface area contributed by atoms with Crippen LogP contribution in [0.25, 0.3) is 0 Å². The molecule has 21 heavy (non-hydrogen) atoms. The van der Waals surface area contributed by atoms with E-state index in [1.807, 2.05) is 0 Å². The van der Waals surface area contributed by atoms with Gasteiger partial charge in [0.25, 0.3) is 0 Å². The Morgan fingerprint density at radius 3 is 2.71 bits per heavy atom.